The van der Waals surface area contributed by atoms with Gasteiger partial charge in [0.2, 0.25) is 5.91 Å². The van der Waals surface area contributed by atoms with Gasteiger partial charge in [-0.2, -0.15) is 0 Å². The third kappa shape index (κ3) is 3.62. The minimum atomic E-state index is 0. The minimum Gasteiger partial charge on any atom is -0.508 e. The van der Waals surface area contributed by atoms with E-state index in [9.17, 15) is 4.79 Å². The number of benzene rings is 1. The highest BCUT2D eigenvalue weighted by Gasteiger charge is 2.09. The molecule has 3 heteroatoms. The fourth-order valence-corrected chi connectivity index (χ4v) is 1.16. The first-order valence-electron chi connectivity index (χ1n) is 5.19. The molecule has 0 aliphatic rings. The average Bonchev–Trinajstić information content (AvgIpc) is 2.26. The summed E-state index contributed by atoms with van der Waals surface area (Å²) in [5.41, 5.74) is 0.990. The highest BCUT2D eigenvalue weighted by Crippen LogP contribution is 2.09. The van der Waals surface area contributed by atoms with Crippen molar-refractivity contribution in [3.8, 4) is 5.75 Å². The van der Waals surface area contributed by atoms with Crippen LogP contribution in [-0.4, -0.2) is 11.0 Å². The van der Waals surface area contributed by atoms with Crippen LogP contribution >= 0.6 is 0 Å². The highest BCUT2D eigenvalue weighted by atomic mass is 16.3. The number of rotatable bonds is 4. The number of hydrogen-bond acceptors (Lipinski definition) is 2. The van der Waals surface area contributed by atoms with Crippen molar-refractivity contribution in [2.45, 2.75) is 26.8 Å². The number of amides is 1. The van der Waals surface area contributed by atoms with Crippen LogP contribution in [0.3, 0.4) is 0 Å². The van der Waals surface area contributed by atoms with Crippen molar-refractivity contribution >= 4 is 5.91 Å². The lowest BCUT2D eigenvalue weighted by Gasteiger charge is -2.09. The first-order valence-corrected chi connectivity index (χ1v) is 5.19. The summed E-state index contributed by atoms with van der Waals surface area (Å²) < 4.78 is 0. The lowest BCUT2D eigenvalue weighted by atomic mass is 10.1. The number of phenols is 1. The topological polar surface area (TPSA) is 49.3 Å². The second-order valence-electron chi connectivity index (χ2n) is 3.69. The molecular weight excluding hydrogens is 190 g/mol. The Labute approximate surface area is 91.6 Å². The molecule has 1 aromatic rings. The van der Waals surface area contributed by atoms with Crippen LogP contribution in [0.4, 0.5) is 0 Å². The van der Waals surface area contributed by atoms with Gasteiger partial charge >= 0.3 is 0 Å². The molecule has 0 aliphatic heterocycles. The summed E-state index contributed by atoms with van der Waals surface area (Å²) in [6.45, 7) is 4.42. The SMILES string of the molecule is CC[C@@H](C)C(=O)NCc1ccc(O)cc1.[HH]. The van der Waals surface area contributed by atoms with E-state index in [-0.39, 0.29) is 19.0 Å². The van der Waals surface area contributed by atoms with E-state index in [0.29, 0.717) is 6.54 Å². The van der Waals surface area contributed by atoms with Crippen LogP contribution in [-0.2, 0) is 11.3 Å². The Morgan fingerprint density at radius 1 is 1.47 bits per heavy atom. The van der Waals surface area contributed by atoms with Gasteiger partial charge < -0.3 is 10.4 Å². The van der Waals surface area contributed by atoms with Gasteiger partial charge in [-0.05, 0) is 24.1 Å². The fourth-order valence-electron chi connectivity index (χ4n) is 1.16. The van der Waals surface area contributed by atoms with Crippen LogP contribution in [0, 0.1) is 5.92 Å². The molecule has 1 rings (SSSR count). The van der Waals surface area contributed by atoms with E-state index in [1.165, 1.54) is 0 Å². The van der Waals surface area contributed by atoms with E-state index in [2.05, 4.69) is 5.32 Å². The molecule has 3 nitrogen and oxygen atoms in total. The van der Waals surface area contributed by atoms with Crippen molar-refractivity contribution in [2.75, 3.05) is 0 Å². The minimum absolute atomic E-state index is 0. The molecule has 1 aromatic carbocycles. The molecule has 1 amide bonds. The molecule has 0 heterocycles. The van der Waals surface area contributed by atoms with Crippen molar-refractivity contribution in [2.24, 2.45) is 5.92 Å². The molecule has 0 aromatic heterocycles. The zero-order valence-corrected chi connectivity index (χ0v) is 9.16. The summed E-state index contributed by atoms with van der Waals surface area (Å²) in [6, 6.07) is 6.83. The maximum Gasteiger partial charge on any atom is 0.223 e. The third-order valence-electron chi connectivity index (χ3n) is 2.46. The smallest absolute Gasteiger partial charge is 0.223 e. The number of aromatic hydroxyl groups is 1. The number of phenolic OH excluding ortho intramolecular Hbond substituents is 1. The van der Waals surface area contributed by atoms with Crippen LogP contribution in [0.5, 0.6) is 5.75 Å². The van der Waals surface area contributed by atoms with E-state index in [1.807, 2.05) is 13.8 Å². The van der Waals surface area contributed by atoms with E-state index in [4.69, 9.17) is 5.11 Å². The van der Waals surface area contributed by atoms with Gasteiger partial charge in [-0.1, -0.05) is 26.0 Å². The van der Waals surface area contributed by atoms with Crippen molar-refractivity contribution in [3.63, 3.8) is 0 Å². The maximum atomic E-state index is 11.5. The molecule has 0 fully saturated rings. The van der Waals surface area contributed by atoms with Gasteiger partial charge in [0.1, 0.15) is 5.75 Å². The summed E-state index contributed by atoms with van der Waals surface area (Å²) in [5, 5.41) is 11.9. The Morgan fingerprint density at radius 3 is 2.60 bits per heavy atom. The van der Waals surface area contributed by atoms with Crippen LogP contribution in [0.15, 0.2) is 24.3 Å². The third-order valence-corrected chi connectivity index (χ3v) is 2.46. The van der Waals surface area contributed by atoms with E-state index in [0.717, 1.165) is 12.0 Å². The molecule has 0 saturated heterocycles. The number of carbonyl (C=O) groups is 1. The van der Waals surface area contributed by atoms with Crippen LogP contribution in [0.2, 0.25) is 0 Å². The Hall–Kier alpha value is -1.51. The van der Waals surface area contributed by atoms with Crippen molar-refractivity contribution in [1.29, 1.82) is 0 Å². The van der Waals surface area contributed by atoms with Crippen LogP contribution < -0.4 is 5.32 Å². The second kappa shape index (κ2) is 5.39. The lowest BCUT2D eigenvalue weighted by molar-refractivity contribution is -0.124. The van der Waals surface area contributed by atoms with Gasteiger partial charge in [0.25, 0.3) is 0 Å². The number of nitrogens with one attached hydrogen (secondary N) is 1. The van der Waals surface area contributed by atoms with Gasteiger partial charge in [-0.3, -0.25) is 4.79 Å². The molecule has 0 bridgehead atoms. The van der Waals surface area contributed by atoms with Gasteiger partial charge in [0.05, 0.1) is 0 Å². The maximum absolute atomic E-state index is 11.5. The van der Waals surface area contributed by atoms with Crippen LogP contribution in [0.1, 0.15) is 27.3 Å². The van der Waals surface area contributed by atoms with Crippen molar-refractivity contribution < 1.29 is 11.3 Å². The predicted molar refractivity (Wildman–Crippen MR) is 61.5 cm³/mol. The zero-order chi connectivity index (χ0) is 11.3. The van der Waals surface area contributed by atoms with E-state index in [1.54, 1.807) is 24.3 Å². The molecule has 15 heavy (non-hydrogen) atoms. The van der Waals surface area contributed by atoms with Gasteiger partial charge in [0.15, 0.2) is 0 Å². The summed E-state index contributed by atoms with van der Waals surface area (Å²) >= 11 is 0. The summed E-state index contributed by atoms with van der Waals surface area (Å²) in [5.74, 6) is 0.375. The predicted octanol–water partition coefficient (Wildman–Crippen LogP) is 2.30. The Morgan fingerprint density at radius 2 is 2.07 bits per heavy atom. The molecule has 0 saturated carbocycles. The van der Waals surface area contributed by atoms with E-state index < -0.39 is 0 Å². The molecule has 0 radical (unpaired) electrons. The summed E-state index contributed by atoms with van der Waals surface area (Å²) in [7, 11) is 0. The normalized spacial score (nSPS) is 12.1. The lowest BCUT2D eigenvalue weighted by Crippen LogP contribution is -2.28. The molecule has 0 unspecified atom stereocenters. The van der Waals surface area contributed by atoms with Crippen molar-refractivity contribution in [3.05, 3.63) is 29.8 Å². The summed E-state index contributed by atoms with van der Waals surface area (Å²) in [4.78, 5) is 11.5. The Kier molecular flexibility index (Phi) is 4.16. The van der Waals surface area contributed by atoms with Gasteiger partial charge in [0, 0.05) is 13.9 Å². The van der Waals surface area contributed by atoms with Crippen LogP contribution in [0.25, 0.3) is 0 Å². The molecule has 2 N–H and O–H groups in total. The standard InChI is InChI=1S/C12H17NO2.H2/c1-3-9(2)12(15)13-8-10-4-6-11(14)7-5-10;/h4-7,9,14H,3,8H2,1-2H3,(H,13,15);1H/t9-;/m1./s1. The monoisotopic (exact) mass is 209 g/mol. The molecule has 84 valence electrons. The largest absolute Gasteiger partial charge is 0.508 e. The second-order valence-corrected chi connectivity index (χ2v) is 3.69. The van der Waals surface area contributed by atoms with Gasteiger partial charge in [-0.15, -0.1) is 0 Å². The first kappa shape index (κ1) is 11.6. The quantitative estimate of drug-likeness (QED) is 0.799. The Bertz CT molecular complexity index is 324. The first-order chi connectivity index (χ1) is 7.13. The number of hydrogen-bond donors (Lipinski definition) is 2. The fraction of sp³-hybridized carbons (Fsp3) is 0.417. The average molecular weight is 209 g/mol. The highest BCUT2D eigenvalue weighted by molar-refractivity contribution is 5.78. The molecule has 1 atom stereocenters. The Balaban J connectivity index is 0.00000225. The number of carbonyl (C=O) groups excluding carboxylic acids is 1. The molecule has 0 aliphatic carbocycles. The zero-order valence-electron chi connectivity index (χ0n) is 9.16. The van der Waals surface area contributed by atoms with Crippen molar-refractivity contribution in [1.82, 2.24) is 5.32 Å². The van der Waals surface area contributed by atoms with E-state index >= 15 is 0 Å². The van der Waals surface area contributed by atoms with Gasteiger partial charge in [-0.25, -0.2) is 0 Å². The summed E-state index contributed by atoms with van der Waals surface area (Å²) in [6.07, 6.45) is 0.849. The molecular formula is C12H19NO2. The molecule has 0 spiro atoms.